The fourth-order valence-corrected chi connectivity index (χ4v) is 3.21. The Kier molecular flexibility index (Phi) is 4.38. The molecule has 0 radical (unpaired) electrons. The molecule has 3 N–H and O–H groups in total. The second-order valence-electron chi connectivity index (χ2n) is 3.61. The topological polar surface area (TPSA) is 98.0 Å². The molecule has 1 heterocycles. The lowest BCUT2D eigenvalue weighted by molar-refractivity contribution is 0.601. The van der Waals surface area contributed by atoms with E-state index >= 15 is 0 Å². The van der Waals surface area contributed by atoms with Gasteiger partial charge in [-0.15, -0.1) is 0 Å². The Labute approximate surface area is 133 Å². The van der Waals surface area contributed by atoms with Gasteiger partial charge in [-0.3, -0.25) is 4.72 Å². The molecule has 0 spiro atoms. The van der Waals surface area contributed by atoms with Crippen LogP contribution in [0.15, 0.2) is 33.9 Å². The number of halogens is 3. The minimum absolute atomic E-state index is 0.0526. The Morgan fingerprint density at radius 2 is 1.95 bits per heavy atom. The van der Waals surface area contributed by atoms with Gasteiger partial charge >= 0.3 is 0 Å². The maximum atomic E-state index is 12.2. The Balaban J connectivity index is 2.44. The third-order valence-corrected chi connectivity index (χ3v) is 4.89. The first kappa shape index (κ1) is 15.3. The minimum atomic E-state index is -3.93. The van der Waals surface area contributed by atoms with E-state index in [4.69, 9.17) is 28.9 Å². The van der Waals surface area contributed by atoms with Gasteiger partial charge < -0.3 is 5.73 Å². The zero-order valence-corrected chi connectivity index (χ0v) is 13.6. The fraction of sp³-hybridized carbons (Fsp3) is 0. The van der Waals surface area contributed by atoms with Gasteiger partial charge in [0.05, 0.1) is 5.69 Å². The first-order chi connectivity index (χ1) is 9.31. The Morgan fingerprint density at radius 3 is 2.60 bits per heavy atom. The Bertz CT molecular complexity index is 770. The minimum Gasteiger partial charge on any atom is -0.398 e. The maximum Gasteiger partial charge on any atom is 0.265 e. The zero-order valence-electron chi connectivity index (χ0n) is 9.64. The van der Waals surface area contributed by atoms with E-state index in [1.807, 2.05) is 0 Å². The summed E-state index contributed by atoms with van der Waals surface area (Å²) >= 11 is 14.7. The number of anilines is 2. The highest BCUT2D eigenvalue weighted by Gasteiger charge is 2.20. The van der Waals surface area contributed by atoms with E-state index < -0.39 is 10.0 Å². The number of nitrogens with zero attached hydrogens (tertiary/aromatic N) is 2. The van der Waals surface area contributed by atoms with Crippen molar-refractivity contribution in [2.45, 2.75) is 4.90 Å². The van der Waals surface area contributed by atoms with Gasteiger partial charge in [0.15, 0.2) is 11.0 Å². The molecule has 0 fully saturated rings. The molecular formula is C10H7BrCl2N4O2S. The van der Waals surface area contributed by atoms with Crippen molar-refractivity contribution < 1.29 is 8.42 Å². The summed E-state index contributed by atoms with van der Waals surface area (Å²) in [5.41, 5.74) is 5.77. The van der Waals surface area contributed by atoms with Gasteiger partial charge in [-0.1, -0.05) is 39.1 Å². The number of hydrogen-bond donors (Lipinski definition) is 2. The number of nitrogens with two attached hydrogens (primary N) is 1. The number of nitrogen functional groups attached to an aromatic ring is 1. The highest BCUT2D eigenvalue weighted by Crippen LogP contribution is 2.29. The number of hydrogen-bond acceptors (Lipinski definition) is 5. The summed E-state index contributed by atoms with van der Waals surface area (Å²) in [4.78, 5) is 7.27. The summed E-state index contributed by atoms with van der Waals surface area (Å²) in [6, 6.07) is 4.39. The molecule has 0 amide bonds. The molecule has 0 aliphatic rings. The number of nitrogens with one attached hydrogen (secondary N) is 1. The molecule has 6 nitrogen and oxygen atoms in total. The molecule has 0 aliphatic heterocycles. The van der Waals surface area contributed by atoms with Crippen molar-refractivity contribution >= 4 is 60.7 Å². The van der Waals surface area contributed by atoms with Crippen LogP contribution in [-0.2, 0) is 10.0 Å². The Hall–Kier alpha value is -1.09. The fourth-order valence-electron chi connectivity index (χ4n) is 1.37. The van der Waals surface area contributed by atoms with Crippen molar-refractivity contribution in [2.24, 2.45) is 0 Å². The summed E-state index contributed by atoms with van der Waals surface area (Å²) in [5, 5.41) is -0.142. The van der Waals surface area contributed by atoms with E-state index in [2.05, 4.69) is 30.6 Å². The number of benzene rings is 1. The van der Waals surface area contributed by atoms with Crippen molar-refractivity contribution in [2.75, 3.05) is 10.5 Å². The van der Waals surface area contributed by atoms with Gasteiger partial charge in [0, 0.05) is 4.47 Å². The van der Waals surface area contributed by atoms with Gasteiger partial charge in [0.2, 0.25) is 0 Å². The predicted molar refractivity (Wildman–Crippen MR) is 81.4 cm³/mol. The number of aromatic nitrogens is 2. The molecule has 106 valence electrons. The lowest BCUT2D eigenvalue weighted by atomic mass is 10.3. The molecular weight excluding hydrogens is 391 g/mol. The van der Waals surface area contributed by atoms with Crippen LogP contribution in [0.5, 0.6) is 0 Å². The summed E-state index contributed by atoms with van der Waals surface area (Å²) in [5.74, 6) is -0.117. The molecule has 0 saturated carbocycles. The molecule has 2 rings (SSSR count). The highest BCUT2D eigenvalue weighted by atomic mass is 79.9. The molecule has 10 heteroatoms. The van der Waals surface area contributed by atoms with Crippen LogP contribution in [0.4, 0.5) is 11.5 Å². The molecule has 0 bridgehead atoms. The summed E-state index contributed by atoms with van der Waals surface area (Å²) < 4.78 is 27.3. The second-order valence-corrected chi connectivity index (χ2v) is 6.92. The maximum absolute atomic E-state index is 12.2. The van der Waals surface area contributed by atoms with Crippen LogP contribution in [0.3, 0.4) is 0 Å². The summed E-state index contributed by atoms with van der Waals surface area (Å²) in [6.07, 6.45) is 1.09. The van der Waals surface area contributed by atoms with Crippen LogP contribution in [0.25, 0.3) is 0 Å². The van der Waals surface area contributed by atoms with E-state index in [9.17, 15) is 8.42 Å². The third kappa shape index (κ3) is 3.14. The molecule has 0 aliphatic carbocycles. The van der Waals surface area contributed by atoms with Crippen molar-refractivity contribution in [3.63, 3.8) is 0 Å². The SMILES string of the molecule is Nc1cc(Br)ccc1S(=O)(=O)Nc1ncnc(Cl)c1Cl. The first-order valence-corrected chi connectivity index (χ1v) is 8.08. The lowest BCUT2D eigenvalue weighted by Crippen LogP contribution is -2.16. The van der Waals surface area contributed by atoms with Crippen LogP contribution in [0, 0.1) is 0 Å². The average molecular weight is 398 g/mol. The van der Waals surface area contributed by atoms with Crippen LogP contribution < -0.4 is 10.5 Å². The second kappa shape index (κ2) is 5.72. The van der Waals surface area contributed by atoms with Gasteiger partial charge in [-0.2, -0.15) is 0 Å². The van der Waals surface area contributed by atoms with Gasteiger partial charge in [-0.05, 0) is 18.2 Å². The smallest absolute Gasteiger partial charge is 0.265 e. The zero-order chi connectivity index (χ0) is 14.9. The predicted octanol–water partition coefficient (Wildman–Crippen LogP) is 2.93. The molecule has 0 unspecified atom stereocenters. The molecule has 1 aromatic heterocycles. The monoisotopic (exact) mass is 396 g/mol. The van der Waals surface area contributed by atoms with Crippen molar-refractivity contribution in [1.29, 1.82) is 0 Å². The lowest BCUT2D eigenvalue weighted by Gasteiger charge is -2.10. The third-order valence-electron chi connectivity index (χ3n) is 2.24. The van der Waals surface area contributed by atoms with Gasteiger partial charge in [0.1, 0.15) is 16.2 Å². The number of rotatable bonds is 3. The number of sulfonamides is 1. The molecule has 20 heavy (non-hydrogen) atoms. The van der Waals surface area contributed by atoms with Crippen LogP contribution in [0.1, 0.15) is 0 Å². The van der Waals surface area contributed by atoms with Crippen LogP contribution >= 0.6 is 39.1 Å². The molecule has 1 aromatic carbocycles. The van der Waals surface area contributed by atoms with E-state index in [-0.39, 0.29) is 26.6 Å². The Morgan fingerprint density at radius 1 is 1.25 bits per heavy atom. The van der Waals surface area contributed by atoms with E-state index in [1.165, 1.54) is 12.1 Å². The average Bonchev–Trinajstić information content (AvgIpc) is 2.34. The summed E-state index contributed by atoms with van der Waals surface area (Å²) in [6.45, 7) is 0. The van der Waals surface area contributed by atoms with Gasteiger partial charge in [-0.25, -0.2) is 18.4 Å². The van der Waals surface area contributed by atoms with Crippen molar-refractivity contribution in [3.05, 3.63) is 39.2 Å². The normalized spacial score (nSPS) is 11.3. The molecule has 2 aromatic rings. The van der Waals surface area contributed by atoms with Crippen molar-refractivity contribution in [3.8, 4) is 0 Å². The largest absolute Gasteiger partial charge is 0.398 e. The quantitative estimate of drug-likeness (QED) is 0.612. The highest BCUT2D eigenvalue weighted by molar-refractivity contribution is 9.10. The van der Waals surface area contributed by atoms with Crippen LogP contribution in [-0.4, -0.2) is 18.4 Å². The van der Waals surface area contributed by atoms with E-state index in [1.54, 1.807) is 6.07 Å². The van der Waals surface area contributed by atoms with E-state index in [0.29, 0.717) is 4.47 Å². The van der Waals surface area contributed by atoms with Crippen LogP contribution in [0.2, 0.25) is 10.2 Å². The van der Waals surface area contributed by atoms with Gasteiger partial charge in [0.25, 0.3) is 10.0 Å². The van der Waals surface area contributed by atoms with E-state index in [0.717, 1.165) is 6.33 Å². The van der Waals surface area contributed by atoms with Crippen molar-refractivity contribution in [1.82, 2.24) is 9.97 Å². The standard InChI is InChI=1S/C10H7BrCl2N4O2S/c11-5-1-2-7(6(14)3-5)20(18,19)17-10-8(12)9(13)15-4-16-10/h1-4H,14H2,(H,15,16,17). The summed E-state index contributed by atoms with van der Waals surface area (Å²) in [7, 11) is -3.93. The first-order valence-electron chi connectivity index (χ1n) is 5.05. The molecule has 0 atom stereocenters. The molecule has 0 saturated heterocycles.